The van der Waals surface area contributed by atoms with Crippen LogP contribution in [0.2, 0.25) is 0 Å². The highest BCUT2D eigenvalue weighted by Gasteiger charge is 2.40. The van der Waals surface area contributed by atoms with Gasteiger partial charge in [-0.25, -0.2) is 0 Å². The molecule has 10 aromatic rings. The van der Waals surface area contributed by atoms with Crippen molar-refractivity contribution in [3.05, 3.63) is 247 Å². The average molecular weight is 752 g/mol. The van der Waals surface area contributed by atoms with Gasteiger partial charge in [-0.1, -0.05) is 182 Å². The normalized spacial score (nSPS) is 12.6. The Labute approximate surface area is 346 Å². The van der Waals surface area contributed by atoms with Crippen molar-refractivity contribution >= 4 is 38.6 Å². The molecule has 0 bridgehead atoms. The first-order valence-corrected chi connectivity index (χ1v) is 20.5. The topological polar surface area (TPSA) is 3.24 Å². The van der Waals surface area contributed by atoms with Gasteiger partial charge in [-0.2, -0.15) is 0 Å². The summed E-state index contributed by atoms with van der Waals surface area (Å²) in [5.41, 5.74) is 17.0. The van der Waals surface area contributed by atoms with Gasteiger partial charge in [-0.3, -0.25) is 0 Å². The maximum Gasteiger partial charge on any atom is 0.0462 e. The first kappa shape index (κ1) is 34.7. The highest BCUT2D eigenvalue weighted by atomic mass is 15.1. The molecule has 11 rings (SSSR count). The van der Waals surface area contributed by atoms with Crippen LogP contribution >= 0.6 is 0 Å². The summed E-state index contributed by atoms with van der Waals surface area (Å²) in [5.74, 6) is 0. The van der Waals surface area contributed by atoms with E-state index in [1.165, 1.54) is 82.7 Å². The van der Waals surface area contributed by atoms with Gasteiger partial charge in [0.2, 0.25) is 0 Å². The van der Waals surface area contributed by atoms with Gasteiger partial charge in [0.1, 0.15) is 0 Å². The van der Waals surface area contributed by atoms with E-state index in [1.807, 2.05) is 0 Å². The molecular formula is C58H41N. The Morgan fingerprint density at radius 3 is 1.41 bits per heavy atom. The lowest BCUT2D eigenvalue weighted by molar-refractivity contribution is 0.714. The molecule has 1 heteroatoms. The Balaban J connectivity index is 0.966. The first-order valence-electron chi connectivity index (χ1n) is 20.5. The minimum atomic E-state index is -0.239. The van der Waals surface area contributed by atoms with Gasteiger partial charge in [0.25, 0.3) is 0 Å². The second kappa shape index (κ2) is 14.2. The molecule has 0 heterocycles. The summed E-state index contributed by atoms with van der Waals surface area (Å²) in [5, 5.41) is 5.02. The molecular weight excluding hydrogens is 711 g/mol. The van der Waals surface area contributed by atoms with Gasteiger partial charge in [-0.15, -0.1) is 0 Å². The summed E-state index contributed by atoms with van der Waals surface area (Å²) in [4.78, 5) is 2.37. The van der Waals surface area contributed by atoms with Crippen molar-refractivity contribution < 1.29 is 0 Å². The SMILES string of the molecule is CC1(c2cccc(-c3ccc(N(c4ccc(-c5ccc6ccccc6c5)cc4)c4ccc(-c5cccc6ccccc56)cc4)cc3)c2)c2ccccc2-c2ccccc21. The molecule has 1 nitrogen and oxygen atoms in total. The van der Waals surface area contributed by atoms with Crippen LogP contribution in [-0.2, 0) is 5.41 Å². The van der Waals surface area contributed by atoms with Crippen LogP contribution in [0.5, 0.6) is 0 Å². The third-order valence-corrected chi connectivity index (χ3v) is 12.6. The molecule has 0 saturated heterocycles. The van der Waals surface area contributed by atoms with E-state index in [0.29, 0.717) is 0 Å². The number of anilines is 3. The summed E-state index contributed by atoms with van der Waals surface area (Å²) in [7, 11) is 0. The molecule has 278 valence electrons. The predicted octanol–water partition coefficient (Wildman–Crippen LogP) is 15.8. The molecule has 0 N–H and O–H groups in total. The van der Waals surface area contributed by atoms with Gasteiger partial charge < -0.3 is 4.90 Å². The van der Waals surface area contributed by atoms with Gasteiger partial charge >= 0.3 is 0 Å². The lowest BCUT2D eigenvalue weighted by Gasteiger charge is -2.29. The van der Waals surface area contributed by atoms with E-state index in [9.17, 15) is 0 Å². The highest BCUT2D eigenvalue weighted by Crippen LogP contribution is 2.52. The number of benzene rings is 10. The van der Waals surface area contributed by atoms with E-state index >= 15 is 0 Å². The summed E-state index contributed by atoms with van der Waals surface area (Å²) in [6.45, 7) is 2.38. The monoisotopic (exact) mass is 751 g/mol. The Morgan fingerprint density at radius 1 is 0.305 bits per heavy atom. The van der Waals surface area contributed by atoms with Crippen LogP contribution in [0.3, 0.4) is 0 Å². The third kappa shape index (κ3) is 5.94. The zero-order valence-electron chi connectivity index (χ0n) is 32.9. The largest absolute Gasteiger partial charge is 0.311 e. The number of fused-ring (bicyclic) bond motifs is 5. The summed E-state index contributed by atoms with van der Waals surface area (Å²) in [6.07, 6.45) is 0. The number of rotatable bonds is 7. The fourth-order valence-corrected chi connectivity index (χ4v) is 9.46. The van der Waals surface area contributed by atoms with Crippen LogP contribution in [0.25, 0.3) is 66.1 Å². The minimum absolute atomic E-state index is 0.239. The van der Waals surface area contributed by atoms with E-state index in [2.05, 4.69) is 242 Å². The lowest BCUT2D eigenvalue weighted by atomic mass is 9.74. The van der Waals surface area contributed by atoms with Crippen molar-refractivity contribution in [2.75, 3.05) is 4.90 Å². The van der Waals surface area contributed by atoms with Gasteiger partial charge in [-0.05, 0) is 138 Å². The minimum Gasteiger partial charge on any atom is -0.311 e. The van der Waals surface area contributed by atoms with Crippen molar-refractivity contribution in [1.82, 2.24) is 0 Å². The Hall–Kier alpha value is -7.48. The number of nitrogens with zero attached hydrogens (tertiary/aromatic N) is 1. The van der Waals surface area contributed by atoms with Crippen molar-refractivity contribution in [3.63, 3.8) is 0 Å². The number of hydrogen-bond acceptors (Lipinski definition) is 1. The fourth-order valence-electron chi connectivity index (χ4n) is 9.46. The molecule has 0 aliphatic heterocycles. The molecule has 59 heavy (non-hydrogen) atoms. The molecule has 0 spiro atoms. The summed E-state index contributed by atoms with van der Waals surface area (Å²) in [6, 6.07) is 84.5. The van der Waals surface area contributed by atoms with Crippen LogP contribution in [-0.4, -0.2) is 0 Å². The van der Waals surface area contributed by atoms with Crippen LogP contribution in [0.4, 0.5) is 17.1 Å². The fraction of sp³-hybridized carbons (Fsp3) is 0.0345. The van der Waals surface area contributed by atoms with Crippen molar-refractivity contribution in [2.24, 2.45) is 0 Å². The molecule has 0 atom stereocenters. The summed E-state index contributed by atoms with van der Waals surface area (Å²) >= 11 is 0. The lowest BCUT2D eigenvalue weighted by Crippen LogP contribution is -2.22. The molecule has 1 aliphatic rings. The smallest absolute Gasteiger partial charge is 0.0462 e. The summed E-state index contributed by atoms with van der Waals surface area (Å²) < 4.78 is 0. The second-order valence-electron chi connectivity index (χ2n) is 15.9. The van der Waals surface area contributed by atoms with E-state index in [-0.39, 0.29) is 5.41 Å². The van der Waals surface area contributed by atoms with Crippen molar-refractivity contribution in [3.8, 4) is 44.5 Å². The number of hydrogen-bond donors (Lipinski definition) is 0. The van der Waals surface area contributed by atoms with Crippen LogP contribution in [0.1, 0.15) is 23.6 Å². The second-order valence-corrected chi connectivity index (χ2v) is 15.9. The van der Waals surface area contributed by atoms with Gasteiger partial charge in [0.05, 0.1) is 0 Å². The molecule has 0 fully saturated rings. The zero-order valence-corrected chi connectivity index (χ0v) is 32.9. The molecule has 0 unspecified atom stereocenters. The van der Waals surface area contributed by atoms with E-state index in [0.717, 1.165) is 17.1 Å². The molecule has 0 aromatic heterocycles. The van der Waals surface area contributed by atoms with E-state index in [1.54, 1.807) is 0 Å². The highest BCUT2D eigenvalue weighted by molar-refractivity contribution is 5.97. The third-order valence-electron chi connectivity index (χ3n) is 12.6. The van der Waals surface area contributed by atoms with E-state index in [4.69, 9.17) is 0 Å². The molecule has 0 amide bonds. The Kier molecular flexibility index (Phi) is 8.34. The molecule has 0 radical (unpaired) electrons. The zero-order chi connectivity index (χ0) is 39.3. The van der Waals surface area contributed by atoms with Crippen LogP contribution < -0.4 is 4.90 Å². The molecule has 10 aromatic carbocycles. The predicted molar refractivity (Wildman–Crippen MR) is 250 cm³/mol. The molecule has 1 aliphatic carbocycles. The van der Waals surface area contributed by atoms with Crippen LogP contribution in [0.15, 0.2) is 231 Å². The maximum absolute atomic E-state index is 2.39. The average Bonchev–Trinajstić information content (AvgIpc) is 3.58. The molecule has 0 saturated carbocycles. The van der Waals surface area contributed by atoms with Gasteiger partial charge in [0, 0.05) is 22.5 Å². The standard InChI is InChI=1S/C58H41N/c1-58(56-22-8-6-19-54(56)55-20-7-9-23-57(55)58)48-17-10-16-46(39-48)41-26-32-49(33-27-41)59(50-34-28-42(29-35-50)47-25-24-40-12-2-3-14-45(40)38-47)51-36-30-44(31-37-51)53-21-11-15-43-13-4-5-18-52(43)53/h2-39H,1H3. The Bertz CT molecular complexity index is 3100. The maximum atomic E-state index is 2.39. The van der Waals surface area contributed by atoms with Gasteiger partial charge in [0.15, 0.2) is 0 Å². The van der Waals surface area contributed by atoms with Crippen LogP contribution in [0, 0.1) is 0 Å². The quantitative estimate of drug-likeness (QED) is 0.157. The van der Waals surface area contributed by atoms with Crippen molar-refractivity contribution in [2.45, 2.75) is 12.3 Å². The van der Waals surface area contributed by atoms with E-state index < -0.39 is 0 Å². The first-order chi connectivity index (χ1) is 29.1. The Morgan fingerprint density at radius 2 is 0.763 bits per heavy atom. The van der Waals surface area contributed by atoms with Crippen molar-refractivity contribution in [1.29, 1.82) is 0 Å².